The van der Waals surface area contributed by atoms with Crippen LogP contribution < -0.4 is 4.74 Å². The molecule has 1 rings (SSSR count). The van der Waals surface area contributed by atoms with E-state index in [9.17, 15) is 0 Å². The third-order valence-electron chi connectivity index (χ3n) is 1.62. The van der Waals surface area contributed by atoms with Crippen molar-refractivity contribution in [2.24, 2.45) is 0 Å². The molecule has 102 valence electrons. The Balaban J connectivity index is 0.000000873. The summed E-state index contributed by atoms with van der Waals surface area (Å²) < 4.78 is 5.14. The van der Waals surface area contributed by atoms with Crippen molar-refractivity contribution in [3.8, 4) is 5.75 Å². The molecule has 2 N–H and O–H groups in total. The SMILES string of the molecule is OCC(O)COc1cc(Cl)c(Cl)cc1Cl.[CH3][Sn][CH3]. The molecular formula is C11H15Cl3O3Sn. The molecule has 1 aromatic rings. The summed E-state index contributed by atoms with van der Waals surface area (Å²) in [6, 6.07) is 2.91. The van der Waals surface area contributed by atoms with Crippen LogP contribution in [-0.4, -0.2) is 50.7 Å². The van der Waals surface area contributed by atoms with Gasteiger partial charge in [-0.1, -0.05) is 34.8 Å². The predicted molar refractivity (Wildman–Crippen MR) is 77.5 cm³/mol. The van der Waals surface area contributed by atoms with Crippen LogP contribution in [0.15, 0.2) is 12.1 Å². The van der Waals surface area contributed by atoms with Crippen LogP contribution in [0.1, 0.15) is 0 Å². The van der Waals surface area contributed by atoms with E-state index in [0.29, 0.717) is 20.8 Å². The standard InChI is InChI=1S/C9H9Cl3O3.2CH3.Sn/c10-6-1-8(12)9(2-7(6)11)15-4-5(14)3-13;;;/h1-2,5,13-14H,3-4H2;2*1H3;. The summed E-state index contributed by atoms with van der Waals surface area (Å²) in [5.41, 5.74) is 0. The Labute approximate surface area is 132 Å². The van der Waals surface area contributed by atoms with Gasteiger partial charge in [0.05, 0.1) is 21.7 Å². The van der Waals surface area contributed by atoms with Gasteiger partial charge in [-0.2, -0.15) is 0 Å². The van der Waals surface area contributed by atoms with Crippen molar-refractivity contribution in [3.05, 3.63) is 27.2 Å². The zero-order valence-corrected chi connectivity index (χ0v) is 15.2. The van der Waals surface area contributed by atoms with Crippen LogP contribution in [-0.2, 0) is 0 Å². The average Bonchev–Trinajstić information content (AvgIpc) is 2.32. The molecule has 0 aliphatic carbocycles. The Morgan fingerprint density at radius 3 is 2.17 bits per heavy atom. The maximum atomic E-state index is 9.06. The Morgan fingerprint density at radius 1 is 1.17 bits per heavy atom. The molecule has 1 unspecified atom stereocenters. The molecule has 3 nitrogen and oxygen atoms in total. The summed E-state index contributed by atoms with van der Waals surface area (Å²) in [4.78, 5) is 4.59. The quantitative estimate of drug-likeness (QED) is 0.581. The minimum atomic E-state index is -0.949. The van der Waals surface area contributed by atoms with Gasteiger partial charge in [-0.05, 0) is 6.07 Å². The van der Waals surface area contributed by atoms with Crippen LogP contribution in [0.4, 0.5) is 0 Å². The molecule has 0 aliphatic heterocycles. The van der Waals surface area contributed by atoms with Crippen molar-refractivity contribution in [1.29, 1.82) is 0 Å². The van der Waals surface area contributed by atoms with Crippen LogP contribution >= 0.6 is 34.8 Å². The number of ether oxygens (including phenoxy) is 1. The summed E-state index contributed by atoms with van der Waals surface area (Å²) in [5, 5.41) is 18.6. The zero-order valence-electron chi connectivity index (χ0n) is 10.1. The number of aliphatic hydroxyl groups excluding tert-OH is 2. The number of hydrogen-bond donors (Lipinski definition) is 2. The number of benzene rings is 1. The fourth-order valence-corrected chi connectivity index (χ4v) is 1.44. The van der Waals surface area contributed by atoms with E-state index in [1.54, 1.807) is 0 Å². The first kappa shape index (κ1) is 18.6. The summed E-state index contributed by atoms with van der Waals surface area (Å²) >= 11 is 17.5. The van der Waals surface area contributed by atoms with E-state index in [-0.39, 0.29) is 34.4 Å². The Hall–Kier alpha value is 0.609. The van der Waals surface area contributed by atoms with Crippen LogP contribution in [0.25, 0.3) is 0 Å². The van der Waals surface area contributed by atoms with Gasteiger partial charge in [-0.3, -0.25) is 0 Å². The second-order valence-electron chi connectivity index (χ2n) is 3.34. The molecule has 0 fully saturated rings. The Bertz CT molecular complexity index is 364. The molecule has 2 radical (unpaired) electrons. The molecule has 7 heteroatoms. The molecule has 18 heavy (non-hydrogen) atoms. The molecule has 0 aromatic heterocycles. The van der Waals surface area contributed by atoms with E-state index in [1.807, 2.05) is 0 Å². The van der Waals surface area contributed by atoms with Gasteiger partial charge in [0.1, 0.15) is 18.5 Å². The van der Waals surface area contributed by atoms with E-state index in [4.69, 9.17) is 49.8 Å². The fourth-order valence-electron chi connectivity index (χ4n) is 0.854. The van der Waals surface area contributed by atoms with Gasteiger partial charge < -0.3 is 14.9 Å². The molecule has 0 amide bonds. The van der Waals surface area contributed by atoms with Crippen molar-refractivity contribution >= 4 is 55.9 Å². The topological polar surface area (TPSA) is 49.7 Å². The molecule has 0 heterocycles. The molecule has 1 atom stereocenters. The molecule has 0 saturated carbocycles. The molecule has 0 bridgehead atoms. The van der Waals surface area contributed by atoms with Gasteiger partial charge in [-0.25, -0.2) is 0 Å². The summed E-state index contributed by atoms with van der Waals surface area (Å²) in [7, 11) is 0. The van der Waals surface area contributed by atoms with Crippen LogP contribution in [0.5, 0.6) is 5.75 Å². The van der Waals surface area contributed by atoms with Crippen LogP contribution in [0.2, 0.25) is 24.9 Å². The Kier molecular flexibility index (Phi) is 10.8. The van der Waals surface area contributed by atoms with E-state index < -0.39 is 6.10 Å². The zero-order chi connectivity index (χ0) is 14.1. The fraction of sp³-hybridized carbons (Fsp3) is 0.455. The van der Waals surface area contributed by atoms with Gasteiger partial charge in [0.2, 0.25) is 0 Å². The average molecular weight is 420 g/mol. The van der Waals surface area contributed by atoms with Gasteiger partial charge in [0.15, 0.2) is 0 Å². The third-order valence-corrected chi connectivity index (χ3v) is 2.63. The molecule has 0 aliphatic rings. The van der Waals surface area contributed by atoms with Crippen LogP contribution in [0.3, 0.4) is 0 Å². The van der Waals surface area contributed by atoms with Crippen molar-refractivity contribution in [1.82, 2.24) is 0 Å². The predicted octanol–water partition coefficient (Wildman–Crippen LogP) is 3.17. The van der Waals surface area contributed by atoms with E-state index in [1.165, 1.54) is 12.1 Å². The molecule has 0 saturated heterocycles. The third kappa shape index (κ3) is 7.26. The summed E-state index contributed by atoms with van der Waals surface area (Å²) in [6.07, 6.45) is -0.949. The van der Waals surface area contributed by atoms with Crippen molar-refractivity contribution in [3.63, 3.8) is 0 Å². The molecule has 1 aromatic carbocycles. The first-order chi connectivity index (χ1) is 8.46. The van der Waals surface area contributed by atoms with Gasteiger partial charge >= 0.3 is 31.0 Å². The second kappa shape index (κ2) is 10.4. The van der Waals surface area contributed by atoms with Gasteiger partial charge in [0, 0.05) is 6.07 Å². The normalized spacial score (nSPS) is 11.5. The minimum absolute atomic E-state index is 0.0613. The van der Waals surface area contributed by atoms with Crippen molar-refractivity contribution < 1.29 is 14.9 Å². The van der Waals surface area contributed by atoms with Crippen molar-refractivity contribution in [2.45, 2.75) is 16.0 Å². The number of hydrogen-bond acceptors (Lipinski definition) is 3. The van der Waals surface area contributed by atoms with Crippen molar-refractivity contribution in [2.75, 3.05) is 13.2 Å². The monoisotopic (exact) mass is 420 g/mol. The summed E-state index contributed by atoms with van der Waals surface area (Å²) in [6.45, 7) is -0.437. The number of rotatable bonds is 4. The first-order valence-electron chi connectivity index (χ1n) is 5.11. The van der Waals surface area contributed by atoms with E-state index in [0.717, 1.165) is 0 Å². The van der Waals surface area contributed by atoms with Crippen LogP contribution in [0, 0.1) is 0 Å². The van der Waals surface area contributed by atoms with Gasteiger partial charge in [-0.15, -0.1) is 0 Å². The second-order valence-corrected chi connectivity index (χ2v) is 7.42. The first-order valence-corrected chi connectivity index (χ1v) is 11.9. The van der Waals surface area contributed by atoms with Gasteiger partial charge in [0.25, 0.3) is 0 Å². The maximum absolute atomic E-state index is 9.06. The Morgan fingerprint density at radius 2 is 1.67 bits per heavy atom. The van der Waals surface area contributed by atoms with E-state index in [2.05, 4.69) is 9.88 Å². The summed E-state index contributed by atoms with van der Waals surface area (Å²) in [5.74, 6) is 0.318. The van der Waals surface area contributed by atoms with E-state index >= 15 is 0 Å². The number of halogens is 3. The number of aliphatic hydroxyl groups is 2. The molecular weight excluding hydrogens is 405 g/mol. The molecule has 0 spiro atoms.